The molecule has 0 spiro atoms. The number of hydrogen-bond acceptors (Lipinski definition) is 3. The van der Waals surface area contributed by atoms with E-state index in [-0.39, 0.29) is 5.91 Å². The Balaban J connectivity index is 2.89. The largest absolute Gasteiger partial charge is 0.383 e. The van der Waals surface area contributed by atoms with E-state index in [0.29, 0.717) is 26.1 Å². The van der Waals surface area contributed by atoms with Gasteiger partial charge in [0.15, 0.2) is 0 Å². The normalized spacial score (nSPS) is 10.9. The van der Waals surface area contributed by atoms with E-state index < -0.39 is 5.41 Å². The highest BCUT2D eigenvalue weighted by Crippen LogP contribution is 2.25. The molecule has 0 saturated heterocycles. The first-order chi connectivity index (χ1) is 9.54. The monoisotopic (exact) mass is 274 g/mol. The summed E-state index contributed by atoms with van der Waals surface area (Å²) in [4.78, 5) is 14.4. The van der Waals surface area contributed by atoms with Gasteiger partial charge < -0.3 is 9.64 Å². The molecule has 0 aliphatic carbocycles. The highest BCUT2D eigenvalue weighted by atomic mass is 16.5. The van der Waals surface area contributed by atoms with Gasteiger partial charge in [0.1, 0.15) is 0 Å². The molecule has 0 aliphatic heterocycles. The zero-order valence-corrected chi connectivity index (χ0v) is 12.4. The highest BCUT2D eigenvalue weighted by Gasteiger charge is 2.33. The zero-order valence-electron chi connectivity index (χ0n) is 12.4. The summed E-state index contributed by atoms with van der Waals surface area (Å²) < 4.78 is 5.04. The molecule has 108 valence electrons. The molecule has 0 radical (unpaired) electrons. The van der Waals surface area contributed by atoms with Gasteiger partial charge in [-0.25, -0.2) is 0 Å². The van der Waals surface area contributed by atoms with Crippen LogP contribution in [0.5, 0.6) is 0 Å². The van der Waals surface area contributed by atoms with Gasteiger partial charge in [0.2, 0.25) is 5.91 Å². The number of carbonyl (C=O) groups excluding carboxylic acids is 1. The van der Waals surface area contributed by atoms with Crippen LogP contribution in [0.1, 0.15) is 25.8 Å². The van der Waals surface area contributed by atoms with E-state index in [1.807, 2.05) is 44.2 Å². The summed E-state index contributed by atoms with van der Waals surface area (Å²) in [5.74, 6) is 0.0241. The topological polar surface area (TPSA) is 53.3 Å². The van der Waals surface area contributed by atoms with Gasteiger partial charge in [-0.1, -0.05) is 30.3 Å². The van der Waals surface area contributed by atoms with Gasteiger partial charge in [0.25, 0.3) is 0 Å². The van der Waals surface area contributed by atoms with Crippen molar-refractivity contribution in [2.75, 3.05) is 26.8 Å². The maximum absolute atomic E-state index is 12.7. The van der Waals surface area contributed by atoms with Gasteiger partial charge >= 0.3 is 0 Å². The van der Waals surface area contributed by atoms with Crippen molar-refractivity contribution >= 4 is 5.91 Å². The molecule has 0 fully saturated rings. The average molecular weight is 274 g/mol. The second-order valence-electron chi connectivity index (χ2n) is 5.18. The molecule has 1 aromatic rings. The predicted molar refractivity (Wildman–Crippen MR) is 78.2 cm³/mol. The lowest BCUT2D eigenvalue weighted by Crippen LogP contribution is -2.45. The first kappa shape index (κ1) is 16.2. The lowest BCUT2D eigenvalue weighted by Gasteiger charge is -2.32. The van der Waals surface area contributed by atoms with Crippen LogP contribution in [-0.2, 0) is 14.9 Å². The number of ether oxygens (including phenoxy) is 1. The fraction of sp³-hybridized carbons (Fsp3) is 0.500. The molecule has 0 atom stereocenters. The van der Waals surface area contributed by atoms with Crippen LogP contribution in [0.3, 0.4) is 0 Å². The molecule has 1 rings (SSSR count). The van der Waals surface area contributed by atoms with Gasteiger partial charge in [0.05, 0.1) is 24.5 Å². The number of methoxy groups -OCH3 is 1. The molecular formula is C16H22N2O2. The molecular weight excluding hydrogens is 252 g/mol. The van der Waals surface area contributed by atoms with Crippen molar-refractivity contribution in [1.29, 1.82) is 5.26 Å². The summed E-state index contributed by atoms with van der Waals surface area (Å²) in [5, 5.41) is 8.72. The second-order valence-corrected chi connectivity index (χ2v) is 5.18. The van der Waals surface area contributed by atoms with Crippen LogP contribution in [0, 0.1) is 11.3 Å². The van der Waals surface area contributed by atoms with Crippen molar-refractivity contribution in [1.82, 2.24) is 4.90 Å². The van der Waals surface area contributed by atoms with E-state index in [2.05, 4.69) is 6.07 Å². The molecule has 0 heterocycles. The van der Waals surface area contributed by atoms with E-state index in [4.69, 9.17) is 10.00 Å². The SMILES string of the molecule is COCCN(CCC#N)C(=O)C(C)(C)c1ccccc1. The number of rotatable bonds is 7. The Morgan fingerprint density at radius 2 is 1.95 bits per heavy atom. The minimum absolute atomic E-state index is 0.0241. The third-order valence-corrected chi connectivity index (χ3v) is 3.38. The molecule has 4 heteroatoms. The van der Waals surface area contributed by atoms with E-state index in [1.165, 1.54) is 0 Å². The van der Waals surface area contributed by atoms with Crippen molar-refractivity contribution in [2.24, 2.45) is 0 Å². The molecule has 0 saturated carbocycles. The van der Waals surface area contributed by atoms with Gasteiger partial charge in [-0.2, -0.15) is 5.26 Å². The van der Waals surface area contributed by atoms with Crippen molar-refractivity contribution in [3.05, 3.63) is 35.9 Å². The maximum atomic E-state index is 12.7. The Kier molecular flexibility index (Phi) is 6.20. The van der Waals surface area contributed by atoms with E-state index in [1.54, 1.807) is 12.0 Å². The lowest BCUT2D eigenvalue weighted by molar-refractivity contribution is -0.136. The Hall–Kier alpha value is -1.86. The van der Waals surface area contributed by atoms with Crippen LogP contribution in [0.15, 0.2) is 30.3 Å². The molecule has 4 nitrogen and oxygen atoms in total. The van der Waals surface area contributed by atoms with Crippen LogP contribution in [0.25, 0.3) is 0 Å². The third-order valence-electron chi connectivity index (χ3n) is 3.38. The maximum Gasteiger partial charge on any atom is 0.232 e. The molecule has 0 bridgehead atoms. The number of benzene rings is 1. The number of nitriles is 1. The second kappa shape index (κ2) is 7.66. The molecule has 20 heavy (non-hydrogen) atoms. The van der Waals surface area contributed by atoms with Gasteiger partial charge in [-0.05, 0) is 19.4 Å². The van der Waals surface area contributed by atoms with Crippen molar-refractivity contribution < 1.29 is 9.53 Å². The predicted octanol–water partition coefficient (Wildman–Crippen LogP) is 2.35. The van der Waals surface area contributed by atoms with Gasteiger partial charge in [-0.15, -0.1) is 0 Å². The van der Waals surface area contributed by atoms with Crippen LogP contribution < -0.4 is 0 Å². The zero-order chi connectivity index (χ0) is 15.0. The Morgan fingerprint density at radius 3 is 2.50 bits per heavy atom. The van der Waals surface area contributed by atoms with Crippen LogP contribution >= 0.6 is 0 Å². The fourth-order valence-electron chi connectivity index (χ4n) is 2.07. The lowest BCUT2D eigenvalue weighted by atomic mass is 9.83. The number of carbonyl (C=O) groups is 1. The smallest absolute Gasteiger partial charge is 0.232 e. The fourth-order valence-corrected chi connectivity index (χ4v) is 2.07. The summed E-state index contributed by atoms with van der Waals surface area (Å²) in [6.07, 6.45) is 0.334. The molecule has 1 aromatic carbocycles. The van der Waals surface area contributed by atoms with Crippen LogP contribution in [0.2, 0.25) is 0 Å². The summed E-state index contributed by atoms with van der Waals surface area (Å²) >= 11 is 0. The quantitative estimate of drug-likeness (QED) is 0.767. The first-order valence-corrected chi connectivity index (χ1v) is 6.74. The van der Waals surface area contributed by atoms with Crippen molar-refractivity contribution in [3.63, 3.8) is 0 Å². The summed E-state index contributed by atoms with van der Waals surface area (Å²) in [6.45, 7) is 5.25. The Labute approximate surface area is 121 Å². The molecule has 0 aliphatic rings. The number of hydrogen-bond donors (Lipinski definition) is 0. The van der Waals surface area contributed by atoms with Gasteiger partial charge in [-0.3, -0.25) is 4.79 Å². The van der Waals surface area contributed by atoms with Crippen LogP contribution in [-0.4, -0.2) is 37.6 Å². The Bertz CT molecular complexity index is 463. The average Bonchev–Trinajstić information content (AvgIpc) is 2.47. The summed E-state index contributed by atoms with van der Waals surface area (Å²) in [7, 11) is 1.61. The van der Waals surface area contributed by atoms with Crippen molar-refractivity contribution in [3.8, 4) is 6.07 Å². The standard InChI is InChI=1S/C16H22N2O2/c1-16(2,14-8-5-4-6-9-14)15(19)18(11-7-10-17)12-13-20-3/h4-6,8-9H,7,11-13H2,1-3H3. The minimum atomic E-state index is -0.607. The summed E-state index contributed by atoms with van der Waals surface area (Å²) in [6, 6.07) is 11.8. The molecule has 0 unspecified atom stereocenters. The summed E-state index contributed by atoms with van der Waals surface area (Å²) in [5.41, 5.74) is 0.370. The molecule has 0 aromatic heterocycles. The van der Waals surface area contributed by atoms with E-state index in [9.17, 15) is 4.79 Å². The van der Waals surface area contributed by atoms with Gasteiger partial charge in [0, 0.05) is 20.2 Å². The van der Waals surface area contributed by atoms with E-state index in [0.717, 1.165) is 5.56 Å². The van der Waals surface area contributed by atoms with Crippen LogP contribution in [0.4, 0.5) is 0 Å². The molecule has 0 N–H and O–H groups in total. The molecule has 1 amide bonds. The third kappa shape index (κ3) is 4.07. The first-order valence-electron chi connectivity index (χ1n) is 6.74. The highest BCUT2D eigenvalue weighted by molar-refractivity contribution is 5.87. The van der Waals surface area contributed by atoms with E-state index >= 15 is 0 Å². The minimum Gasteiger partial charge on any atom is -0.383 e. The number of amides is 1. The van der Waals surface area contributed by atoms with Crippen molar-refractivity contribution in [2.45, 2.75) is 25.7 Å². The number of nitrogens with zero attached hydrogens (tertiary/aromatic N) is 2. The Morgan fingerprint density at radius 1 is 1.30 bits per heavy atom.